The van der Waals surface area contributed by atoms with Gasteiger partial charge in [0.05, 0.1) is 0 Å². The first-order valence-electron chi connectivity index (χ1n) is 7.96. The smallest absolute Gasteiger partial charge is 0.251 e. The molecular weight excluding hydrogens is 302 g/mol. The van der Waals surface area contributed by atoms with E-state index in [1.165, 1.54) is 5.56 Å². The number of hydrogen-bond donors (Lipinski definition) is 1. The normalized spacial score (nSPS) is 10.6. The van der Waals surface area contributed by atoms with Crippen molar-refractivity contribution in [2.75, 3.05) is 6.54 Å². The first-order chi connectivity index (χ1) is 11.7. The minimum atomic E-state index is -0.0747. The van der Waals surface area contributed by atoms with Crippen LogP contribution in [0.15, 0.2) is 52.9 Å². The van der Waals surface area contributed by atoms with Crippen molar-refractivity contribution in [1.29, 1.82) is 0 Å². The van der Waals surface area contributed by atoms with E-state index in [9.17, 15) is 4.79 Å². The van der Waals surface area contributed by atoms with Gasteiger partial charge in [-0.1, -0.05) is 24.6 Å². The van der Waals surface area contributed by atoms with E-state index in [1.54, 1.807) is 12.1 Å². The Morgan fingerprint density at radius 3 is 2.04 bits per heavy atom. The van der Waals surface area contributed by atoms with Crippen LogP contribution >= 0.6 is 0 Å². The lowest BCUT2D eigenvalue weighted by Crippen LogP contribution is -2.23. The van der Waals surface area contributed by atoms with E-state index in [0.29, 0.717) is 23.9 Å². The van der Waals surface area contributed by atoms with E-state index in [-0.39, 0.29) is 5.91 Å². The molecule has 0 fully saturated rings. The molecule has 1 aromatic heterocycles. The summed E-state index contributed by atoms with van der Waals surface area (Å²) in [6.07, 6.45) is 0.910. The summed E-state index contributed by atoms with van der Waals surface area (Å²) in [5, 5.41) is 11.0. The second-order valence-electron chi connectivity index (χ2n) is 5.61. The third-order valence-electron chi connectivity index (χ3n) is 3.65. The van der Waals surface area contributed by atoms with Crippen molar-refractivity contribution in [2.24, 2.45) is 0 Å². The molecule has 0 atom stereocenters. The van der Waals surface area contributed by atoms with Crippen molar-refractivity contribution < 1.29 is 9.21 Å². The summed E-state index contributed by atoms with van der Waals surface area (Å²) in [6.45, 7) is 4.72. The molecule has 0 aliphatic heterocycles. The van der Waals surface area contributed by atoms with E-state index in [0.717, 1.165) is 17.5 Å². The van der Waals surface area contributed by atoms with Crippen LogP contribution < -0.4 is 5.32 Å². The fourth-order valence-electron chi connectivity index (χ4n) is 2.26. The Hall–Kier alpha value is -2.95. The highest BCUT2D eigenvalue weighted by molar-refractivity contribution is 5.94. The van der Waals surface area contributed by atoms with E-state index in [1.807, 2.05) is 50.2 Å². The van der Waals surface area contributed by atoms with Crippen LogP contribution in [0, 0.1) is 6.92 Å². The summed E-state index contributed by atoms with van der Waals surface area (Å²) in [5.74, 6) is 0.843. The van der Waals surface area contributed by atoms with Crippen LogP contribution in [-0.4, -0.2) is 22.6 Å². The number of amides is 1. The first kappa shape index (κ1) is 15.9. The summed E-state index contributed by atoms with van der Waals surface area (Å²) in [5.41, 5.74) is 3.46. The van der Waals surface area contributed by atoms with Crippen LogP contribution in [-0.2, 0) is 0 Å². The van der Waals surface area contributed by atoms with Gasteiger partial charge in [0.1, 0.15) is 0 Å². The zero-order chi connectivity index (χ0) is 16.9. The standard InChI is InChI=1S/C19H19N3O2/c1-3-12-20-17(23)14-8-10-16(11-9-14)19-22-21-18(24-19)15-6-4-13(2)5-7-15/h4-11H,3,12H2,1-2H3,(H,20,23). The van der Waals surface area contributed by atoms with Gasteiger partial charge >= 0.3 is 0 Å². The zero-order valence-electron chi connectivity index (χ0n) is 13.7. The third kappa shape index (κ3) is 3.51. The quantitative estimate of drug-likeness (QED) is 0.775. The largest absolute Gasteiger partial charge is 0.416 e. The van der Waals surface area contributed by atoms with Gasteiger partial charge in [-0.25, -0.2) is 0 Å². The highest BCUT2D eigenvalue weighted by Crippen LogP contribution is 2.24. The second kappa shape index (κ2) is 7.08. The van der Waals surface area contributed by atoms with Crippen molar-refractivity contribution in [3.63, 3.8) is 0 Å². The fourth-order valence-corrected chi connectivity index (χ4v) is 2.26. The molecule has 1 N–H and O–H groups in total. The average molecular weight is 321 g/mol. The molecule has 5 heteroatoms. The number of nitrogens with zero attached hydrogens (tertiary/aromatic N) is 2. The van der Waals surface area contributed by atoms with E-state index in [2.05, 4.69) is 15.5 Å². The molecular formula is C19H19N3O2. The van der Waals surface area contributed by atoms with Gasteiger partial charge in [-0.2, -0.15) is 0 Å². The molecule has 3 rings (SSSR count). The molecule has 0 bridgehead atoms. The van der Waals surface area contributed by atoms with Gasteiger partial charge in [0.15, 0.2) is 0 Å². The summed E-state index contributed by atoms with van der Waals surface area (Å²) >= 11 is 0. The summed E-state index contributed by atoms with van der Waals surface area (Å²) < 4.78 is 5.74. The lowest BCUT2D eigenvalue weighted by Gasteiger charge is -2.03. The van der Waals surface area contributed by atoms with Gasteiger partial charge in [-0.05, 0) is 49.7 Å². The van der Waals surface area contributed by atoms with Crippen LogP contribution in [0.25, 0.3) is 22.9 Å². The molecule has 1 heterocycles. The molecule has 1 amide bonds. The number of carbonyl (C=O) groups is 1. The Morgan fingerprint density at radius 1 is 0.958 bits per heavy atom. The van der Waals surface area contributed by atoms with E-state index in [4.69, 9.17) is 4.42 Å². The van der Waals surface area contributed by atoms with E-state index >= 15 is 0 Å². The molecule has 3 aromatic rings. The maximum Gasteiger partial charge on any atom is 0.251 e. The molecule has 24 heavy (non-hydrogen) atoms. The van der Waals surface area contributed by atoms with Crippen LogP contribution in [0.4, 0.5) is 0 Å². The highest BCUT2D eigenvalue weighted by atomic mass is 16.4. The van der Waals surface area contributed by atoms with Crippen molar-refractivity contribution in [3.05, 3.63) is 59.7 Å². The minimum Gasteiger partial charge on any atom is -0.416 e. The Balaban J connectivity index is 1.78. The number of nitrogens with one attached hydrogen (secondary N) is 1. The van der Waals surface area contributed by atoms with Gasteiger partial charge in [0, 0.05) is 23.2 Å². The number of aryl methyl sites for hydroxylation is 1. The maximum atomic E-state index is 11.9. The number of aromatic nitrogens is 2. The Kier molecular flexibility index (Phi) is 4.70. The van der Waals surface area contributed by atoms with Gasteiger partial charge < -0.3 is 9.73 Å². The molecule has 0 radical (unpaired) electrons. The molecule has 0 aliphatic carbocycles. The predicted octanol–water partition coefficient (Wildman–Crippen LogP) is 3.85. The van der Waals surface area contributed by atoms with Gasteiger partial charge in [-0.15, -0.1) is 10.2 Å². The van der Waals surface area contributed by atoms with Crippen LogP contribution in [0.3, 0.4) is 0 Å². The molecule has 5 nitrogen and oxygen atoms in total. The molecule has 0 saturated carbocycles. The number of hydrogen-bond acceptors (Lipinski definition) is 4. The molecule has 122 valence electrons. The fraction of sp³-hybridized carbons (Fsp3) is 0.211. The SMILES string of the molecule is CCCNC(=O)c1ccc(-c2nnc(-c3ccc(C)cc3)o2)cc1. The Morgan fingerprint density at radius 2 is 1.50 bits per heavy atom. The molecule has 0 unspecified atom stereocenters. The molecule has 2 aromatic carbocycles. The topological polar surface area (TPSA) is 68.0 Å². The monoisotopic (exact) mass is 321 g/mol. The van der Waals surface area contributed by atoms with Crippen LogP contribution in [0.5, 0.6) is 0 Å². The number of benzene rings is 2. The Labute approximate surface area is 140 Å². The maximum absolute atomic E-state index is 11.9. The zero-order valence-corrected chi connectivity index (χ0v) is 13.7. The second-order valence-corrected chi connectivity index (χ2v) is 5.61. The first-order valence-corrected chi connectivity index (χ1v) is 7.96. The van der Waals surface area contributed by atoms with Crippen molar-refractivity contribution in [2.45, 2.75) is 20.3 Å². The van der Waals surface area contributed by atoms with Gasteiger partial charge in [0.25, 0.3) is 5.91 Å². The van der Waals surface area contributed by atoms with Gasteiger partial charge in [-0.3, -0.25) is 4.79 Å². The lowest BCUT2D eigenvalue weighted by molar-refractivity contribution is 0.0953. The average Bonchev–Trinajstić information content (AvgIpc) is 3.10. The summed E-state index contributed by atoms with van der Waals surface area (Å²) in [7, 11) is 0. The Bertz CT molecular complexity index is 821. The summed E-state index contributed by atoms with van der Waals surface area (Å²) in [4.78, 5) is 11.9. The molecule has 0 saturated heterocycles. The van der Waals surface area contributed by atoms with Gasteiger partial charge in [0.2, 0.25) is 11.8 Å². The van der Waals surface area contributed by atoms with Crippen molar-refractivity contribution >= 4 is 5.91 Å². The summed E-state index contributed by atoms with van der Waals surface area (Å²) in [6, 6.07) is 15.1. The molecule has 0 aliphatic rings. The number of rotatable bonds is 5. The highest BCUT2D eigenvalue weighted by Gasteiger charge is 2.11. The predicted molar refractivity (Wildman–Crippen MR) is 92.5 cm³/mol. The lowest BCUT2D eigenvalue weighted by atomic mass is 10.1. The third-order valence-corrected chi connectivity index (χ3v) is 3.65. The van der Waals surface area contributed by atoms with Crippen LogP contribution in [0.1, 0.15) is 29.3 Å². The van der Waals surface area contributed by atoms with Crippen molar-refractivity contribution in [1.82, 2.24) is 15.5 Å². The van der Waals surface area contributed by atoms with Crippen molar-refractivity contribution in [3.8, 4) is 22.9 Å². The molecule has 0 spiro atoms. The van der Waals surface area contributed by atoms with E-state index < -0.39 is 0 Å². The van der Waals surface area contributed by atoms with Crippen LogP contribution in [0.2, 0.25) is 0 Å². The minimum absolute atomic E-state index is 0.0747. The number of carbonyl (C=O) groups excluding carboxylic acids is 1.